The number of carbonyl (C=O) groups is 1. The van der Waals surface area contributed by atoms with Crippen LogP contribution in [0, 0.1) is 20.8 Å². The van der Waals surface area contributed by atoms with Crippen LogP contribution in [0.15, 0.2) is 17.0 Å². The van der Waals surface area contributed by atoms with Crippen molar-refractivity contribution >= 4 is 15.9 Å². The molecule has 4 nitrogen and oxygen atoms in total. The third kappa shape index (κ3) is 6.73. The summed E-state index contributed by atoms with van der Waals surface area (Å²) in [5.41, 5.74) is 2.30. The lowest BCUT2D eigenvalue weighted by atomic mass is 10.1. The van der Waals surface area contributed by atoms with Crippen LogP contribution < -0.4 is 0 Å². The molecule has 1 rings (SSSR count). The first-order valence-electron chi connectivity index (χ1n) is 8.77. The van der Waals surface area contributed by atoms with Gasteiger partial charge in [-0.25, -0.2) is 0 Å². The molecule has 0 atom stereocenters. The molecular formula is C19H30O4S. The van der Waals surface area contributed by atoms with E-state index in [2.05, 4.69) is 6.92 Å². The second-order valence-corrected chi connectivity index (χ2v) is 8.05. The monoisotopic (exact) mass is 354 g/mol. The highest BCUT2D eigenvalue weighted by Crippen LogP contribution is 2.23. The number of hydrogen-bond donors (Lipinski definition) is 0. The van der Waals surface area contributed by atoms with Gasteiger partial charge in [0.2, 0.25) is 0 Å². The largest absolute Gasteiger partial charge is 0.297 e. The summed E-state index contributed by atoms with van der Waals surface area (Å²) in [6, 6.07) is 3.61. The van der Waals surface area contributed by atoms with E-state index in [1.165, 1.54) is 19.3 Å². The van der Waals surface area contributed by atoms with Crippen LogP contribution in [0.3, 0.4) is 0 Å². The first kappa shape index (κ1) is 20.8. The van der Waals surface area contributed by atoms with Crippen molar-refractivity contribution in [3.05, 3.63) is 28.8 Å². The molecule has 24 heavy (non-hydrogen) atoms. The van der Waals surface area contributed by atoms with Gasteiger partial charge < -0.3 is 0 Å². The summed E-state index contributed by atoms with van der Waals surface area (Å²) < 4.78 is 29.7. The molecule has 0 radical (unpaired) electrons. The fraction of sp³-hybridized carbons (Fsp3) is 0.632. The van der Waals surface area contributed by atoms with E-state index in [0.717, 1.165) is 24.8 Å². The molecule has 0 saturated heterocycles. The maximum atomic E-state index is 12.4. The fourth-order valence-corrected chi connectivity index (χ4v) is 4.25. The van der Waals surface area contributed by atoms with Gasteiger partial charge in [-0.05, 0) is 38.3 Å². The molecule has 0 aliphatic rings. The van der Waals surface area contributed by atoms with E-state index < -0.39 is 10.1 Å². The summed E-state index contributed by atoms with van der Waals surface area (Å²) in [5, 5.41) is 0. The molecule has 0 amide bonds. The number of benzene rings is 1. The molecule has 0 unspecified atom stereocenters. The standard InChI is InChI=1S/C19H30O4S/c1-5-6-7-8-9-10-11-18(20)14-23-24(21,22)19-16(3)12-15(2)13-17(19)4/h12-13H,5-11,14H2,1-4H3. The molecule has 0 saturated carbocycles. The van der Waals surface area contributed by atoms with Crippen LogP contribution in [0.25, 0.3) is 0 Å². The SMILES string of the molecule is CCCCCCCCC(=O)COS(=O)(=O)c1c(C)cc(C)cc1C. The number of hydrogen-bond acceptors (Lipinski definition) is 4. The Labute approximate surface area is 146 Å². The van der Waals surface area contributed by atoms with Crippen LogP contribution in [0.2, 0.25) is 0 Å². The van der Waals surface area contributed by atoms with Crippen molar-refractivity contribution in [1.82, 2.24) is 0 Å². The lowest BCUT2D eigenvalue weighted by molar-refractivity contribution is -0.121. The summed E-state index contributed by atoms with van der Waals surface area (Å²) in [5.74, 6) is -0.156. The van der Waals surface area contributed by atoms with Crippen LogP contribution in [0.5, 0.6) is 0 Å². The highest BCUT2D eigenvalue weighted by atomic mass is 32.2. The second-order valence-electron chi connectivity index (χ2n) is 6.50. The van der Waals surface area contributed by atoms with Gasteiger partial charge in [0.1, 0.15) is 6.61 Å². The molecule has 1 aromatic carbocycles. The third-order valence-corrected chi connectivity index (χ3v) is 5.61. The van der Waals surface area contributed by atoms with Crippen LogP contribution in [-0.4, -0.2) is 20.8 Å². The quantitative estimate of drug-likeness (QED) is 0.429. The average Bonchev–Trinajstić information content (AvgIpc) is 2.47. The van der Waals surface area contributed by atoms with Gasteiger partial charge in [-0.3, -0.25) is 8.98 Å². The Morgan fingerprint density at radius 1 is 0.958 bits per heavy atom. The minimum atomic E-state index is -3.90. The lowest BCUT2D eigenvalue weighted by Gasteiger charge is -2.12. The summed E-state index contributed by atoms with van der Waals surface area (Å²) in [6.45, 7) is 7.20. The van der Waals surface area contributed by atoms with Crippen molar-refractivity contribution < 1.29 is 17.4 Å². The molecule has 0 bridgehead atoms. The molecule has 0 aliphatic heterocycles. The number of Topliss-reactive ketones (excluding diaryl/α,β-unsaturated/α-hetero) is 1. The van der Waals surface area contributed by atoms with Gasteiger partial charge in [0.05, 0.1) is 4.90 Å². The first-order valence-corrected chi connectivity index (χ1v) is 10.2. The number of ketones is 1. The van der Waals surface area contributed by atoms with Crippen molar-refractivity contribution in [1.29, 1.82) is 0 Å². The molecule has 0 N–H and O–H groups in total. The second kappa shape index (κ2) is 9.94. The van der Waals surface area contributed by atoms with Crippen molar-refractivity contribution in [2.45, 2.75) is 77.5 Å². The third-order valence-electron chi connectivity index (χ3n) is 4.04. The summed E-state index contributed by atoms with van der Waals surface area (Å²) in [4.78, 5) is 12.0. The van der Waals surface area contributed by atoms with E-state index in [4.69, 9.17) is 4.18 Å². The zero-order valence-corrected chi connectivity index (χ0v) is 16.2. The molecule has 0 fully saturated rings. The number of aryl methyl sites for hydroxylation is 3. The minimum Gasteiger partial charge on any atom is -0.297 e. The maximum Gasteiger partial charge on any atom is 0.297 e. The van der Waals surface area contributed by atoms with Gasteiger partial charge in [-0.15, -0.1) is 0 Å². The van der Waals surface area contributed by atoms with E-state index in [1.54, 1.807) is 26.0 Å². The molecule has 0 aliphatic carbocycles. The van der Waals surface area contributed by atoms with Crippen molar-refractivity contribution in [2.24, 2.45) is 0 Å². The van der Waals surface area contributed by atoms with E-state index in [0.29, 0.717) is 17.5 Å². The normalized spacial score (nSPS) is 11.7. The predicted octanol–water partition coefficient (Wildman–Crippen LogP) is 4.64. The average molecular weight is 355 g/mol. The molecule has 136 valence electrons. The van der Waals surface area contributed by atoms with Crippen LogP contribution in [0.4, 0.5) is 0 Å². The topological polar surface area (TPSA) is 60.4 Å². The molecule has 5 heteroatoms. The van der Waals surface area contributed by atoms with E-state index >= 15 is 0 Å². The molecule has 0 spiro atoms. The van der Waals surface area contributed by atoms with E-state index in [-0.39, 0.29) is 17.3 Å². The van der Waals surface area contributed by atoms with Crippen molar-refractivity contribution in [3.63, 3.8) is 0 Å². The Hall–Kier alpha value is -1.20. The number of carbonyl (C=O) groups excluding carboxylic acids is 1. The Kier molecular flexibility index (Phi) is 8.63. The predicted molar refractivity (Wildman–Crippen MR) is 96.8 cm³/mol. The van der Waals surface area contributed by atoms with E-state index in [9.17, 15) is 13.2 Å². The Morgan fingerprint density at radius 3 is 2.08 bits per heavy atom. The fourth-order valence-electron chi connectivity index (χ4n) is 2.94. The van der Waals surface area contributed by atoms with Gasteiger partial charge in [-0.2, -0.15) is 8.42 Å². The van der Waals surface area contributed by atoms with Gasteiger partial charge in [0.25, 0.3) is 10.1 Å². The smallest absolute Gasteiger partial charge is 0.297 e. The minimum absolute atomic E-state index is 0.156. The van der Waals surface area contributed by atoms with Gasteiger partial charge in [-0.1, -0.05) is 56.7 Å². The Balaban J connectivity index is 2.50. The number of unbranched alkanes of at least 4 members (excludes halogenated alkanes) is 5. The van der Waals surface area contributed by atoms with Crippen LogP contribution in [-0.2, 0) is 19.1 Å². The van der Waals surface area contributed by atoms with Crippen molar-refractivity contribution in [3.8, 4) is 0 Å². The Morgan fingerprint density at radius 2 is 1.50 bits per heavy atom. The first-order chi connectivity index (χ1) is 11.3. The van der Waals surface area contributed by atoms with Crippen LogP contribution in [0.1, 0.15) is 68.6 Å². The highest BCUT2D eigenvalue weighted by molar-refractivity contribution is 7.86. The highest BCUT2D eigenvalue weighted by Gasteiger charge is 2.22. The molecular weight excluding hydrogens is 324 g/mol. The van der Waals surface area contributed by atoms with Gasteiger partial charge in [0, 0.05) is 6.42 Å². The van der Waals surface area contributed by atoms with Gasteiger partial charge >= 0.3 is 0 Å². The summed E-state index contributed by atoms with van der Waals surface area (Å²) >= 11 is 0. The molecule has 0 aromatic heterocycles. The Bertz CT molecular complexity index is 624. The van der Waals surface area contributed by atoms with Crippen LogP contribution >= 0.6 is 0 Å². The molecule has 0 heterocycles. The van der Waals surface area contributed by atoms with Gasteiger partial charge in [0.15, 0.2) is 5.78 Å². The summed E-state index contributed by atoms with van der Waals surface area (Å²) in [6.07, 6.45) is 6.94. The summed E-state index contributed by atoms with van der Waals surface area (Å²) in [7, 11) is -3.90. The number of rotatable bonds is 11. The molecule has 1 aromatic rings. The maximum absolute atomic E-state index is 12.4. The zero-order chi connectivity index (χ0) is 18.2. The van der Waals surface area contributed by atoms with E-state index in [1.807, 2.05) is 6.92 Å². The van der Waals surface area contributed by atoms with Crippen molar-refractivity contribution in [2.75, 3.05) is 6.61 Å². The zero-order valence-electron chi connectivity index (χ0n) is 15.4. The lowest BCUT2D eigenvalue weighted by Crippen LogP contribution is -2.16.